The normalized spacial score (nSPS) is 16.0. The van der Waals surface area contributed by atoms with Gasteiger partial charge in [-0.2, -0.15) is 0 Å². The zero-order chi connectivity index (χ0) is 20.8. The number of nitrogens with one attached hydrogen (secondary N) is 1. The van der Waals surface area contributed by atoms with E-state index in [0.717, 1.165) is 44.8 Å². The Labute approximate surface area is 177 Å². The fourth-order valence-electron chi connectivity index (χ4n) is 3.74. The maximum atomic E-state index is 12.2. The summed E-state index contributed by atoms with van der Waals surface area (Å²) in [5, 5.41) is 4.91. The molecule has 7 heteroatoms. The van der Waals surface area contributed by atoms with Crippen LogP contribution in [0.3, 0.4) is 0 Å². The van der Waals surface area contributed by atoms with Crippen LogP contribution in [0.15, 0.2) is 34.4 Å². The van der Waals surface area contributed by atoms with Gasteiger partial charge >= 0.3 is 4.87 Å². The molecule has 1 aliphatic heterocycles. The Morgan fingerprint density at radius 2 is 1.93 bits per heavy atom. The highest BCUT2D eigenvalue weighted by molar-refractivity contribution is 7.07. The van der Waals surface area contributed by atoms with Crippen molar-refractivity contribution in [3.8, 4) is 0 Å². The van der Waals surface area contributed by atoms with Gasteiger partial charge in [-0.1, -0.05) is 23.5 Å². The number of anilines is 1. The third-order valence-corrected chi connectivity index (χ3v) is 6.44. The number of piperazine rings is 1. The molecule has 0 radical (unpaired) electrons. The number of hydrogen-bond acceptors (Lipinski definition) is 5. The van der Waals surface area contributed by atoms with Gasteiger partial charge in [-0.25, -0.2) is 0 Å². The van der Waals surface area contributed by atoms with E-state index in [0.29, 0.717) is 13.0 Å². The van der Waals surface area contributed by atoms with E-state index in [1.807, 2.05) is 12.3 Å². The molecule has 1 aliphatic rings. The van der Waals surface area contributed by atoms with Crippen molar-refractivity contribution in [2.24, 2.45) is 0 Å². The number of carbonyl (C=O) groups is 1. The summed E-state index contributed by atoms with van der Waals surface area (Å²) in [5.74, 6) is 0.0132. The van der Waals surface area contributed by atoms with Gasteiger partial charge in [0.05, 0.1) is 0 Å². The minimum absolute atomic E-state index is 0.00755. The molecule has 6 nitrogen and oxygen atoms in total. The number of hydrogen-bond donors (Lipinski definition) is 1. The SMILES string of the molecule is Cc1cccc(N2CCN(CCC(C)NC(=O)CCn3c(C)csc3=O)CC2)c1. The summed E-state index contributed by atoms with van der Waals surface area (Å²) in [6.45, 7) is 11.7. The van der Waals surface area contributed by atoms with Crippen LogP contribution >= 0.6 is 11.3 Å². The molecule has 1 atom stereocenters. The quantitative estimate of drug-likeness (QED) is 0.719. The van der Waals surface area contributed by atoms with E-state index in [2.05, 4.69) is 53.2 Å². The zero-order valence-corrected chi connectivity index (χ0v) is 18.5. The van der Waals surface area contributed by atoms with Crippen molar-refractivity contribution in [2.45, 2.75) is 46.2 Å². The number of rotatable bonds is 8. The Balaban J connectivity index is 1.35. The minimum Gasteiger partial charge on any atom is -0.369 e. The average molecular weight is 417 g/mol. The van der Waals surface area contributed by atoms with Crippen LogP contribution < -0.4 is 15.1 Å². The molecule has 1 N–H and O–H groups in total. The number of amides is 1. The molecule has 1 saturated heterocycles. The predicted octanol–water partition coefficient (Wildman–Crippen LogP) is 2.63. The number of benzene rings is 1. The maximum Gasteiger partial charge on any atom is 0.307 e. The van der Waals surface area contributed by atoms with E-state index >= 15 is 0 Å². The van der Waals surface area contributed by atoms with Gasteiger partial charge in [0, 0.05) is 68.5 Å². The summed E-state index contributed by atoms with van der Waals surface area (Å²) in [6.07, 6.45) is 1.28. The monoisotopic (exact) mass is 416 g/mol. The predicted molar refractivity (Wildman–Crippen MR) is 120 cm³/mol. The van der Waals surface area contributed by atoms with E-state index in [-0.39, 0.29) is 16.8 Å². The van der Waals surface area contributed by atoms with Crippen molar-refractivity contribution in [3.63, 3.8) is 0 Å². The van der Waals surface area contributed by atoms with E-state index in [1.165, 1.54) is 22.6 Å². The molecule has 0 aliphatic carbocycles. The van der Waals surface area contributed by atoms with E-state index < -0.39 is 0 Å². The third kappa shape index (κ3) is 6.18. The highest BCUT2D eigenvalue weighted by atomic mass is 32.1. The number of aromatic nitrogens is 1. The summed E-state index contributed by atoms with van der Waals surface area (Å²) < 4.78 is 1.67. The summed E-state index contributed by atoms with van der Waals surface area (Å²) >= 11 is 1.19. The van der Waals surface area contributed by atoms with Gasteiger partial charge in [-0.05, 0) is 44.9 Å². The molecule has 1 amide bonds. The van der Waals surface area contributed by atoms with Crippen molar-refractivity contribution in [1.82, 2.24) is 14.8 Å². The Hall–Kier alpha value is -2.12. The van der Waals surface area contributed by atoms with Crippen molar-refractivity contribution in [2.75, 3.05) is 37.6 Å². The minimum atomic E-state index is 0.00755. The molecule has 3 rings (SSSR count). The zero-order valence-electron chi connectivity index (χ0n) is 17.7. The first kappa shape index (κ1) is 21.6. The van der Waals surface area contributed by atoms with Gasteiger partial charge in [0.2, 0.25) is 5.91 Å². The highest BCUT2D eigenvalue weighted by Gasteiger charge is 2.18. The van der Waals surface area contributed by atoms with Crippen molar-refractivity contribution >= 4 is 22.9 Å². The largest absolute Gasteiger partial charge is 0.369 e. The lowest BCUT2D eigenvalue weighted by atomic mass is 10.1. The molecular weight excluding hydrogens is 384 g/mol. The Morgan fingerprint density at radius 3 is 2.59 bits per heavy atom. The summed E-state index contributed by atoms with van der Waals surface area (Å²) in [5.41, 5.74) is 3.53. The first-order chi connectivity index (χ1) is 13.9. The molecule has 158 valence electrons. The molecule has 0 saturated carbocycles. The molecule has 2 aromatic rings. The number of thiazole rings is 1. The van der Waals surface area contributed by atoms with Gasteiger partial charge < -0.3 is 14.8 Å². The highest BCUT2D eigenvalue weighted by Crippen LogP contribution is 2.18. The third-order valence-electron chi connectivity index (χ3n) is 5.56. The molecule has 0 spiro atoms. The lowest BCUT2D eigenvalue weighted by molar-refractivity contribution is -0.122. The van der Waals surface area contributed by atoms with E-state index in [1.54, 1.807) is 4.57 Å². The van der Waals surface area contributed by atoms with Crippen molar-refractivity contribution in [1.29, 1.82) is 0 Å². The van der Waals surface area contributed by atoms with Crippen LogP contribution in [-0.2, 0) is 11.3 Å². The first-order valence-electron chi connectivity index (χ1n) is 10.4. The van der Waals surface area contributed by atoms with Gasteiger partial charge in [0.1, 0.15) is 0 Å². The van der Waals surface area contributed by atoms with Gasteiger partial charge in [0.15, 0.2) is 0 Å². The van der Waals surface area contributed by atoms with Crippen LogP contribution in [0.5, 0.6) is 0 Å². The second-order valence-electron chi connectivity index (χ2n) is 7.97. The van der Waals surface area contributed by atoms with Crippen LogP contribution in [0.25, 0.3) is 0 Å². The fourth-order valence-corrected chi connectivity index (χ4v) is 4.50. The lowest BCUT2D eigenvalue weighted by Gasteiger charge is -2.36. The molecule has 1 fully saturated rings. The number of nitrogens with zero attached hydrogens (tertiary/aromatic N) is 3. The van der Waals surface area contributed by atoms with Crippen LogP contribution in [-0.4, -0.2) is 54.1 Å². The average Bonchev–Trinajstić information content (AvgIpc) is 3.03. The lowest BCUT2D eigenvalue weighted by Crippen LogP contribution is -2.47. The molecule has 1 aromatic heterocycles. The summed E-state index contributed by atoms with van der Waals surface area (Å²) in [6, 6.07) is 8.83. The molecule has 1 aromatic carbocycles. The first-order valence-corrected chi connectivity index (χ1v) is 11.3. The summed E-state index contributed by atoms with van der Waals surface area (Å²) in [4.78, 5) is 28.9. The topological polar surface area (TPSA) is 57.6 Å². The Kier molecular flexibility index (Phi) is 7.50. The van der Waals surface area contributed by atoms with Crippen LogP contribution in [0.1, 0.15) is 31.0 Å². The molecular formula is C22H32N4O2S. The molecule has 1 unspecified atom stereocenters. The molecule has 29 heavy (non-hydrogen) atoms. The van der Waals surface area contributed by atoms with Crippen LogP contribution in [0, 0.1) is 13.8 Å². The smallest absolute Gasteiger partial charge is 0.307 e. The van der Waals surface area contributed by atoms with E-state index in [9.17, 15) is 9.59 Å². The van der Waals surface area contributed by atoms with Gasteiger partial charge in [-0.15, -0.1) is 0 Å². The Bertz CT molecular complexity index is 868. The standard InChI is InChI=1S/C22H32N4O2S/c1-17-5-4-6-20(15-17)25-13-11-24(12-14-25)9-7-18(2)23-21(27)8-10-26-19(3)16-29-22(26)28/h4-6,15-16,18H,7-14H2,1-3H3,(H,23,27). The van der Waals surface area contributed by atoms with Crippen molar-refractivity contribution in [3.05, 3.63) is 50.6 Å². The second kappa shape index (κ2) is 10.1. The van der Waals surface area contributed by atoms with Crippen LogP contribution in [0.2, 0.25) is 0 Å². The van der Waals surface area contributed by atoms with E-state index in [4.69, 9.17) is 0 Å². The van der Waals surface area contributed by atoms with Crippen molar-refractivity contribution < 1.29 is 4.79 Å². The Morgan fingerprint density at radius 1 is 1.17 bits per heavy atom. The van der Waals surface area contributed by atoms with Crippen LogP contribution in [0.4, 0.5) is 5.69 Å². The number of aryl methyl sites for hydroxylation is 2. The van der Waals surface area contributed by atoms with Gasteiger partial charge in [-0.3, -0.25) is 14.5 Å². The summed E-state index contributed by atoms with van der Waals surface area (Å²) in [7, 11) is 0. The molecule has 2 heterocycles. The number of carbonyl (C=O) groups excluding carboxylic acids is 1. The second-order valence-corrected chi connectivity index (χ2v) is 8.79. The maximum absolute atomic E-state index is 12.2. The fraction of sp³-hybridized carbons (Fsp3) is 0.545. The molecule has 0 bridgehead atoms. The van der Waals surface area contributed by atoms with Gasteiger partial charge in [0.25, 0.3) is 0 Å².